The summed E-state index contributed by atoms with van der Waals surface area (Å²) in [6.07, 6.45) is 1.70. The highest BCUT2D eigenvalue weighted by molar-refractivity contribution is 5.69. The predicted molar refractivity (Wildman–Crippen MR) is 71.5 cm³/mol. The van der Waals surface area contributed by atoms with Crippen LogP contribution in [0.5, 0.6) is 0 Å². The molecule has 0 spiro atoms. The molecule has 4 heteroatoms. The van der Waals surface area contributed by atoms with E-state index in [4.69, 9.17) is 5.11 Å². The van der Waals surface area contributed by atoms with Gasteiger partial charge >= 0.3 is 5.97 Å². The quantitative estimate of drug-likeness (QED) is 0.890. The van der Waals surface area contributed by atoms with E-state index >= 15 is 0 Å². The lowest BCUT2D eigenvalue weighted by atomic mass is 10.1. The van der Waals surface area contributed by atoms with Gasteiger partial charge in [-0.2, -0.15) is 0 Å². The number of rotatable bonds is 5. The first-order valence-electron chi connectivity index (χ1n) is 6.71. The third-order valence-corrected chi connectivity index (χ3v) is 3.53. The standard InChI is InChI=1S/C15H20FNO2/c1-10(2)8-17(9-15(18)19)14-6-3-11-7-12(16)4-5-13(11)14/h4-5,7,10,14H,3,6,8-9H2,1-2H3,(H,18,19). The number of hydrogen-bond donors (Lipinski definition) is 1. The molecular weight excluding hydrogens is 245 g/mol. The molecule has 0 aromatic heterocycles. The summed E-state index contributed by atoms with van der Waals surface area (Å²) >= 11 is 0. The van der Waals surface area contributed by atoms with Crippen LogP contribution in [0.25, 0.3) is 0 Å². The Hall–Kier alpha value is -1.42. The molecular formula is C15H20FNO2. The fourth-order valence-corrected chi connectivity index (χ4v) is 2.89. The lowest BCUT2D eigenvalue weighted by Gasteiger charge is -2.29. The number of carboxylic acids is 1. The Balaban J connectivity index is 2.22. The summed E-state index contributed by atoms with van der Waals surface area (Å²) in [6, 6.07) is 4.95. The van der Waals surface area contributed by atoms with Crippen molar-refractivity contribution < 1.29 is 14.3 Å². The van der Waals surface area contributed by atoms with E-state index in [0.29, 0.717) is 5.92 Å². The molecule has 1 atom stereocenters. The van der Waals surface area contributed by atoms with Gasteiger partial charge in [-0.3, -0.25) is 9.69 Å². The largest absolute Gasteiger partial charge is 0.480 e. The zero-order valence-corrected chi connectivity index (χ0v) is 11.4. The number of fused-ring (bicyclic) bond motifs is 1. The van der Waals surface area contributed by atoms with Gasteiger partial charge in [-0.05, 0) is 42.0 Å². The first-order valence-corrected chi connectivity index (χ1v) is 6.71. The smallest absolute Gasteiger partial charge is 0.317 e. The lowest BCUT2D eigenvalue weighted by Crippen LogP contribution is -2.35. The Bertz CT molecular complexity index is 473. The van der Waals surface area contributed by atoms with Gasteiger partial charge in [0.05, 0.1) is 6.54 Å². The van der Waals surface area contributed by atoms with Crippen LogP contribution in [-0.4, -0.2) is 29.1 Å². The van der Waals surface area contributed by atoms with Crippen molar-refractivity contribution >= 4 is 5.97 Å². The lowest BCUT2D eigenvalue weighted by molar-refractivity contribution is -0.139. The van der Waals surface area contributed by atoms with Crippen molar-refractivity contribution in [3.05, 3.63) is 35.1 Å². The van der Waals surface area contributed by atoms with Crippen LogP contribution in [0.4, 0.5) is 4.39 Å². The highest BCUT2D eigenvalue weighted by Gasteiger charge is 2.29. The maximum Gasteiger partial charge on any atom is 0.317 e. The fraction of sp³-hybridized carbons (Fsp3) is 0.533. The van der Waals surface area contributed by atoms with E-state index in [1.54, 1.807) is 12.1 Å². The predicted octanol–water partition coefficient (Wildman–Crippen LogP) is 2.86. The van der Waals surface area contributed by atoms with Crippen molar-refractivity contribution in [1.29, 1.82) is 0 Å². The Kier molecular flexibility index (Phi) is 4.20. The van der Waals surface area contributed by atoms with E-state index in [1.165, 1.54) is 6.07 Å². The van der Waals surface area contributed by atoms with Gasteiger partial charge in [0.15, 0.2) is 0 Å². The maximum absolute atomic E-state index is 13.2. The number of aryl methyl sites for hydroxylation is 1. The van der Waals surface area contributed by atoms with Gasteiger partial charge in [0.2, 0.25) is 0 Å². The van der Waals surface area contributed by atoms with E-state index in [9.17, 15) is 9.18 Å². The summed E-state index contributed by atoms with van der Waals surface area (Å²) in [5.74, 6) is -0.617. The summed E-state index contributed by atoms with van der Waals surface area (Å²) < 4.78 is 13.2. The van der Waals surface area contributed by atoms with E-state index in [1.807, 2.05) is 4.90 Å². The average Bonchev–Trinajstić information content (AvgIpc) is 2.69. The average molecular weight is 265 g/mol. The molecule has 1 unspecified atom stereocenters. The van der Waals surface area contributed by atoms with Crippen LogP contribution >= 0.6 is 0 Å². The normalized spacial score (nSPS) is 18.1. The van der Waals surface area contributed by atoms with Crippen molar-refractivity contribution in [2.45, 2.75) is 32.7 Å². The molecule has 1 aromatic rings. The third-order valence-electron chi connectivity index (χ3n) is 3.53. The molecule has 0 fully saturated rings. The Morgan fingerprint density at radius 1 is 1.53 bits per heavy atom. The highest BCUT2D eigenvalue weighted by Crippen LogP contribution is 2.36. The zero-order valence-electron chi connectivity index (χ0n) is 11.4. The summed E-state index contributed by atoms with van der Waals surface area (Å²) in [5.41, 5.74) is 2.10. The Morgan fingerprint density at radius 3 is 2.89 bits per heavy atom. The molecule has 104 valence electrons. The van der Waals surface area contributed by atoms with Crippen LogP contribution in [0.3, 0.4) is 0 Å². The van der Waals surface area contributed by atoms with Crippen LogP contribution in [0.15, 0.2) is 18.2 Å². The van der Waals surface area contributed by atoms with Crippen LogP contribution in [0.1, 0.15) is 37.4 Å². The molecule has 0 bridgehead atoms. The Labute approximate surface area is 113 Å². The summed E-state index contributed by atoms with van der Waals surface area (Å²) in [5, 5.41) is 9.05. The van der Waals surface area contributed by atoms with Crippen molar-refractivity contribution in [3.8, 4) is 0 Å². The second-order valence-electron chi connectivity index (χ2n) is 5.61. The summed E-state index contributed by atoms with van der Waals surface area (Å²) in [7, 11) is 0. The van der Waals surface area contributed by atoms with Gasteiger partial charge in [0, 0.05) is 12.6 Å². The molecule has 0 aliphatic heterocycles. The minimum Gasteiger partial charge on any atom is -0.480 e. The molecule has 0 amide bonds. The van der Waals surface area contributed by atoms with Crippen molar-refractivity contribution in [2.24, 2.45) is 5.92 Å². The minimum absolute atomic E-state index is 0.0413. The van der Waals surface area contributed by atoms with Gasteiger partial charge in [0.1, 0.15) is 5.82 Å². The highest BCUT2D eigenvalue weighted by atomic mass is 19.1. The molecule has 0 saturated heterocycles. The van der Waals surface area contributed by atoms with Crippen molar-refractivity contribution in [3.63, 3.8) is 0 Å². The monoisotopic (exact) mass is 265 g/mol. The van der Waals surface area contributed by atoms with Crippen LogP contribution < -0.4 is 0 Å². The summed E-state index contributed by atoms with van der Waals surface area (Å²) in [4.78, 5) is 13.0. The molecule has 19 heavy (non-hydrogen) atoms. The Morgan fingerprint density at radius 2 is 2.26 bits per heavy atom. The van der Waals surface area contributed by atoms with Gasteiger partial charge in [0.25, 0.3) is 0 Å². The van der Waals surface area contributed by atoms with Crippen LogP contribution in [-0.2, 0) is 11.2 Å². The number of benzene rings is 1. The molecule has 1 aliphatic carbocycles. The van der Waals surface area contributed by atoms with Gasteiger partial charge in [-0.25, -0.2) is 4.39 Å². The number of nitrogens with zero attached hydrogens (tertiary/aromatic N) is 1. The second kappa shape index (κ2) is 5.70. The van der Waals surface area contributed by atoms with Gasteiger partial charge in [-0.15, -0.1) is 0 Å². The van der Waals surface area contributed by atoms with Gasteiger partial charge in [-0.1, -0.05) is 19.9 Å². The van der Waals surface area contributed by atoms with E-state index in [2.05, 4.69) is 13.8 Å². The van der Waals surface area contributed by atoms with E-state index in [0.717, 1.165) is 30.5 Å². The molecule has 1 aromatic carbocycles. The molecule has 1 N–H and O–H groups in total. The zero-order chi connectivity index (χ0) is 14.0. The molecule has 1 aliphatic rings. The van der Waals surface area contributed by atoms with Crippen LogP contribution in [0, 0.1) is 11.7 Å². The number of carboxylic acid groups (broad SMARTS) is 1. The summed E-state index contributed by atoms with van der Waals surface area (Å²) in [6.45, 7) is 4.94. The first kappa shape index (κ1) is 14.0. The van der Waals surface area contributed by atoms with E-state index < -0.39 is 5.97 Å². The van der Waals surface area contributed by atoms with Gasteiger partial charge < -0.3 is 5.11 Å². The SMILES string of the molecule is CC(C)CN(CC(=O)O)C1CCc2cc(F)ccc21. The molecule has 0 heterocycles. The van der Waals surface area contributed by atoms with Crippen molar-refractivity contribution in [2.75, 3.05) is 13.1 Å². The van der Waals surface area contributed by atoms with E-state index in [-0.39, 0.29) is 18.4 Å². The number of hydrogen-bond acceptors (Lipinski definition) is 2. The van der Waals surface area contributed by atoms with Crippen LogP contribution in [0.2, 0.25) is 0 Å². The van der Waals surface area contributed by atoms with Crippen molar-refractivity contribution in [1.82, 2.24) is 4.90 Å². The second-order valence-corrected chi connectivity index (χ2v) is 5.61. The number of carbonyl (C=O) groups is 1. The fourth-order valence-electron chi connectivity index (χ4n) is 2.89. The third kappa shape index (κ3) is 3.32. The minimum atomic E-state index is -0.809. The number of aliphatic carboxylic acids is 1. The molecule has 0 saturated carbocycles. The molecule has 0 radical (unpaired) electrons. The topological polar surface area (TPSA) is 40.5 Å². The molecule has 3 nitrogen and oxygen atoms in total. The first-order chi connectivity index (χ1) is 8.97. The maximum atomic E-state index is 13.2. The molecule has 2 rings (SSSR count). The number of halogens is 1.